The number of nitrogens with zero attached hydrogens (tertiary/aromatic N) is 1. The fourth-order valence-electron chi connectivity index (χ4n) is 1.46. The molecule has 1 amide bonds. The Hall–Kier alpha value is -0.280. The molecule has 0 aliphatic carbocycles. The van der Waals surface area contributed by atoms with Crippen molar-refractivity contribution >= 4 is 17.5 Å². The summed E-state index contributed by atoms with van der Waals surface area (Å²) in [7, 11) is 0. The lowest BCUT2D eigenvalue weighted by atomic mass is 10.3. The van der Waals surface area contributed by atoms with Crippen molar-refractivity contribution in [2.45, 2.75) is 19.4 Å². The molecule has 1 rings (SSSR count). The number of hydrogen-bond donors (Lipinski definition) is 1. The van der Waals surface area contributed by atoms with Crippen molar-refractivity contribution in [3.05, 3.63) is 0 Å². The van der Waals surface area contributed by atoms with Crippen molar-refractivity contribution < 1.29 is 4.79 Å². The first-order valence-electron chi connectivity index (χ1n) is 4.32. The summed E-state index contributed by atoms with van der Waals surface area (Å²) in [6.45, 7) is 4.75. The zero-order chi connectivity index (χ0) is 8.97. The van der Waals surface area contributed by atoms with Gasteiger partial charge in [-0.15, -0.1) is 11.6 Å². The van der Waals surface area contributed by atoms with E-state index in [9.17, 15) is 4.79 Å². The van der Waals surface area contributed by atoms with Crippen LogP contribution in [0.15, 0.2) is 0 Å². The number of halogens is 1. The van der Waals surface area contributed by atoms with Crippen LogP contribution in [0.5, 0.6) is 0 Å². The summed E-state index contributed by atoms with van der Waals surface area (Å²) < 4.78 is 0. The van der Waals surface area contributed by atoms with E-state index in [1.54, 1.807) is 0 Å². The Morgan fingerprint density at radius 2 is 2.50 bits per heavy atom. The van der Waals surface area contributed by atoms with Crippen LogP contribution >= 0.6 is 11.6 Å². The number of rotatable bonds is 1. The van der Waals surface area contributed by atoms with E-state index in [1.807, 2.05) is 11.8 Å². The van der Waals surface area contributed by atoms with E-state index in [1.165, 1.54) is 0 Å². The Morgan fingerprint density at radius 1 is 1.75 bits per heavy atom. The molecule has 0 unspecified atom stereocenters. The average Bonchev–Trinajstić information content (AvgIpc) is 2.28. The predicted molar refractivity (Wildman–Crippen MR) is 49.4 cm³/mol. The molecule has 0 saturated carbocycles. The largest absolute Gasteiger partial charge is 0.338 e. The van der Waals surface area contributed by atoms with Crippen LogP contribution in [0.4, 0.5) is 0 Å². The van der Waals surface area contributed by atoms with E-state index in [0.717, 1.165) is 26.1 Å². The molecule has 3 nitrogen and oxygen atoms in total. The third-order valence-corrected chi connectivity index (χ3v) is 2.39. The number of nitrogens with one attached hydrogen (secondary N) is 1. The highest BCUT2D eigenvalue weighted by Crippen LogP contribution is 2.04. The zero-order valence-corrected chi connectivity index (χ0v) is 8.10. The van der Waals surface area contributed by atoms with E-state index >= 15 is 0 Å². The summed E-state index contributed by atoms with van der Waals surface area (Å²) in [5, 5.41) is 3.27. The van der Waals surface area contributed by atoms with Crippen LogP contribution in [-0.4, -0.2) is 42.4 Å². The average molecular weight is 191 g/mol. The molecule has 0 radical (unpaired) electrons. The van der Waals surface area contributed by atoms with Crippen LogP contribution in [0, 0.1) is 0 Å². The highest BCUT2D eigenvalue weighted by molar-refractivity contribution is 6.27. The summed E-state index contributed by atoms with van der Waals surface area (Å²) in [6.07, 6.45) is 1.02. The standard InChI is InChI=1S/C8H15ClN2O/c1-7-6-10-3-2-4-11(7)8(12)5-9/h7,10H,2-6H2,1H3/t7-/m0/s1. The van der Waals surface area contributed by atoms with Crippen molar-refractivity contribution in [3.63, 3.8) is 0 Å². The van der Waals surface area contributed by atoms with Gasteiger partial charge in [0, 0.05) is 19.1 Å². The van der Waals surface area contributed by atoms with Gasteiger partial charge in [0.05, 0.1) is 0 Å². The molecule has 1 fully saturated rings. The van der Waals surface area contributed by atoms with Crippen molar-refractivity contribution in [1.82, 2.24) is 10.2 Å². The lowest BCUT2D eigenvalue weighted by molar-refractivity contribution is -0.130. The van der Waals surface area contributed by atoms with Crippen LogP contribution in [0.2, 0.25) is 0 Å². The van der Waals surface area contributed by atoms with Crippen LogP contribution < -0.4 is 5.32 Å². The summed E-state index contributed by atoms with van der Waals surface area (Å²) in [5.74, 6) is 0.150. The molecule has 4 heteroatoms. The van der Waals surface area contributed by atoms with Gasteiger partial charge in [-0.1, -0.05) is 0 Å². The van der Waals surface area contributed by atoms with Gasteiger partial charge in [-0.2, -0.15) is 0 Å². The minimum Gasteiger partial charge on any atom is -0.338 e. The van der Waals surface area contributed by atoms with E-state index < -0.39 is 0 Å². The molecular formula is C8H15ClN2O. The lowest BCUT2D eigenvalue weighted by Crippen LogP contribution is -2.42. The maximum atomic E-state index is 11.3. The molecule has 0 bridgehead atoms. The van der Waals surface area contributed by atoms with Gasteiger partial charge in [0.1, 0.15) is 5.88 Å². The van der Waals surface area contributed by atoms with Crippen molar-refractivity contribution in [2.24, 2.45) is 0 Å². The maximum Gasteiger partial charge on any atom is 0.237 e. The van der Waals surface area contributed by atoms with E-state index in [-0.39, 0.29) is 17.8 Å². The number of carbonyl (C=O) groups excluding carboxylic acids is 1. The Balaban J connectivity index is 2.52. The van der Waals surface area contributed by atoms with Crippen LogP contribution in [0.25, 0.3) is 0 Å². The second-order valence-corrected chi connectivity index (χ2v) is 3.39. The second-order valence-electron chi connectivity index (χ2n) is 3.13. The third-order valence-electron chi connectivity index (χ3n) is 2.16. The molecule has 0 aromatic heterocycles. The molecular weight excluding hydrogens is 176 g/mol. The van der Waals surface area contributed by atoms with Crippen molar-refractivity contribution in [3.8, 4) is 0 Å². The van der Waals surface area contributed by atoms with Crippen LogP contribution in [0.3, 0.4) is 0 Å². The molecule has 0 aromatic carbocycles. The first kappa shape index (κ1) is 9.81. The van der Waals surface area contributed by atoms with E-state index in [0.29, 0.717) is 0 Å². The lowest BCUT2D eigenvalue weighted by Gasteiger charge is -2.25. The molecule has 70 valence electrons. The quantitative estimate of drug-likeness (QED) is 0.609. The molecule has 1 atom stereocenters. The predicted octanol–water partition coefficient (Wildman–Crippen LogP) is 0.436. The Bertz CT molecular complexity index is 163. The third kappa shape index (κ3) is 2.35. The SMILES string of the molecule is C[C@H]1CNCCCN1C(=O)CCl. The minimum atomic E-state index is 0.0490. The number of alkyl halides is 1. The maximum absolute atomic E-state index is 11.3. The Kier molecular flexibility index (Phi) is 3.82. The van der Waals surface area contributed by atoms with Gasteiger partial charge in [-0.05, 0) is 19.9 Å². The normalized spacial score (nSPS) is 25.2. The van der Waals surface area contributed by atoms with Crippen LogP contribution in [-0.2, 0) is 4.79 Å². The fourth-order valence-corrected chi connectivity index (χ4v) is 1.62. The Labute approximate surface area is 78.1 Å². The van der Waals surface area contributed by atoms with Gasteiger partial charge < -0.3 is 10.2 Å². The minimum absolute atomic E-state index is 0.0490. The van der Waals surface area contributed by atoms with Crippen molar-refractivity contribution in [1.29, 1.82) is 0 Å². The molecule has 0 spiro atoms. The molecule has 12 heavy (non-hydrogen) atoms. The Morgan fingerprint density at radius 3 is 3.17 bits per heavy atom. The number of hydrogen-bond acceptors (Lipinski definition) is 2. The topological polar surface area (TPSA) is 32.3 Å². The number of carbonyl (C=O) groups is 1. The molecule has 1 saturated heterocycles. The van der Waals surface area contributed by atoms with Gasteiger partial charge in [0.2, 0.25) is 5.91 Å². The fraction of sp³-hybridized carbons (Fsp3) is 0.875. The molecule has 1 heterocycles. The van der Waals surface area contributed by atoms with E-state index in [2.05, 4.69) is 5.32 Å². The van der Waals surface area contributed by atoms with Crippen LogP contribution in [0.1, 0.15) is 13.3 Å². The van der Waals surface area contributed by atoms with E-state index in [4.69, 9.17) is 11.6 Å². The smallest absolute Gasteiger partial charge is 0.237 e. The number of amides is 1. The summed E-state index contributed by atoms with van der Waals surface area (Å²) in [5.41, 5.74) is 0. The molecule has 0 aromatic rings. The van der Waals surface area contributed by atoms with Gasteiger partial charge in [-0.3, -0.25) is 4.79 Å². The molecule has 1 aliphatic rings. The molecule has 1 aliphatic heterocycles. The summed E-state index contributed by atoms with van der Waals surface area (Å²) in [4.78, 5) is 13.2. The highest BCUT2D eigenvalue weighted by atomic mass is 35.5. The summed E-state index contributed by atoms with van der Waals surface area (Å²) >= 11 is 5.49. The zero-order valence-electron chi connectivity index (χ0n) is 7.35. The van der Waals surface area contributed by atoms with Gasteiger partial charge in [0.15, 0.2) is 0 Å². The highest BCUT2D eigenvalue weighted by Gasteiger charge is 2.20. The molecule has 1 N–H and O–H groups in total. The van der Waals surface area contributed by atoms with Gasteiger partial charge in [0.25, 0.3) is 0 Å². The van der Waals surface area contributed by atoms with Gasteiger partial charge >= 0.3 is 0 Å². The first-order chi connectivity index (χ1) is 5.75. The summed E-state index contributed by atoms with van der Waals surface area (Å²) in [6, 6.07) is 0.277. The second kappa shape index (κ2) is 4.67. The monoisotopic (exact) mass is 190 g/mol. The van der Waals surface area contributed by atoms with Crippen molar-refractivity contribution in [2.75, 3.05) is 25.5 Å². The first-order valence-corrected chi connectivity index (χ1v) is 4.85. The van der Waals surface area contributed by atoms with Gasteiger partial charge in [-0.25, -0.2) is 0 Å².